The Morgan fingerprint density at radius 1 is 1.12 bits per heavy atom. The van der Waals surface area contributed by atoms with Crippen LogP contribution in [0.4, 0.5) is 0 Å². The quantitative estimate of drug-likeness (QED) is 0.373. The molecule has 2 aromatic heterocycles. The molecule has 0 radical (unpaired) electrons. The van der Waals surface area contributed by atoms with Gasteiger partial charge in [0.2, 0.25) is 5.88 Å². The van der Waals surface area contributed by atoms with Gasteiger partial charge in [0, 0.05) is 23.4 Å². The molecule has 2 aromatic rings. The summed E-state index contributed by atoms with van der Waals surface area (Å²) in [5.74, 6) is 2.22. The van der Waals surface area contributed by atoms with Crippen LogP contribution in [-0.2, 0) is 0 Å². The van der Waals surface area contributed by atoms with Gasteiger partial charge in [0.05, 0.1) is 14.2 Å². The first kappa shape index (κ1) is 19.9. The Balaban J connectivity index is 1.77. The van der Waals surface area contributed by atoms with E-state index in [2.05, 4.69) is 69.7 Å². The van der Waals surface area contributed by atoms with Gasteiger partial charge in [0.1, 0.15) is 0 Å². The molecule has 0 spiro atoms. The second kappa shape index (κ2) is 9.93. The molecule has 0 bridgehead atoms. The average molecular weight is 475 g/mol. The van der Waals surface area contributed by atoms with Gasteiger partial charge in [0.25, 0.3) is 0 Å². The molecule has 5 heteroatoms. The summed E-state index contributed by atoms with van der Waals surface area (Å²) in [6, 6.07) is 6.12. The van der Waals surface area contributed by atoms with Crippen LogP contribution in [0.3, 0.4) is 0 Å². The van der Waals surface area contributed by atoms with Crippen molar-refractivity contribution in [1.29, 1.82) is 0 Å². The molecule has 2 heterocycles. The number of thiophene rings is 1. The summed E-state index contributed by atoms with van der Waals surface area (Å²) in [6.07, 6.45) is 6.89. The molecule has 0 amide bonds. The highest BCUT2D eigenvalue weighted by molar-refractivity contribution is 9.12. The number of halogens is 2. The monoisotopic (exact) mass is 473 g/mol. The first-order valence-electron chi connectivity index (χ1n) is 8.49. The first-order chi connectivity index (χ1) is 11.5. The SMILES string of the molecule is CC(C)CCCC(C)CCOc1ccc(-c2cc(Br)sc2Br)cn1. The maximum Gasteiger partial charge on any atom is 0.213 e. The number of nitrogens with zero attached hydrogens (tertiary/aromatic N) is 1. The summed E-state index contributed by atoms with van der Waals surface area (Å²) in [5, 5.41) is 0. The van der Waals surface area contributed by atoms with Crippen LogP contribution in [0.15, 0.2) is 32.0 Å². The molecule has 0 aliphatic rings. The highest BCUT2D eigenvalue weighted by atomic mass is 79.9. The molecule has 2 rings (SSSR count). The summed E-state index contributed by atoms with van der Waals surface area (Å²) in [4.78, 5) is 4.43. The van der Waals surface area contributed by atoms with Crippen LogP contribution >= 0.6 is 43.2 Å². The van der Waals surface area contributed by atoms with Gasteiger partial charge < -0.3 is 4.74 Å². The number of rotatable bonds is 9. The summed E-state index contributed by atoms with van der Waals surface area (Å²) in [6.45, 7) is 7.63. The zero-order valence-corrected chi connectivity index (χ0v) is 18.5. The third kappa shape index (κ3) is 6.49. The van der Waals surface area contributed by atoms with Crippen molar-refractivity contribution in [2.24, 2.45) is 11.8 Å². The van der Waals surface area contributed by atoms with Gasteiger partial charge in [-0.3, -0.25) is 0 Å². The van der Waals surface area contributed by atoms with Gasteiger partial charge in [-0.2, -0.15) is 0 Å². The van der Waals surface area contributed by atoms with Gasteiger partial charge in [-0.25, -0.2) is 4.98 Å². The first-order valence-corrected chi connectivity index (χ1v) is 10.9. The number of hydrogen-bond donors (Lipinski definition) is 0. The van der Waals surface area contributed by atoms with Crippen molar-refractivity contribution in [1.82, 2.24) is 4.98 Å². The van der Waals surface area contributed by atoms with Gasteiger partial charge in [-0.05, 0) is 62.2 Å². The molecule has 0 aromatic carbocycles. The van der Waals surface area contributed by atoms with E-state index in [1.54, 1.807) is 11.3 Å². The van der Waals surface area contributed by atoms with E-state index < -0.39 is 0 Å². The van der Waals surface area contributed by atoms with Crippen molar-refractivity contribution in [3.8, 4) is 17.0 Å². The molecule has 1 atom stereocenters. The van der Waals surface area contributed by atoms with Crippen molar-refractivity contribution in [2.75, 3.05) is 6.61 Å². The Bertz CT molecular complexity index is 625. The average Bonchev–Trinajstić information content (AvgIpc) is 2.86. The van der Waals surface area contributed by atoms with Crippen molar-refractivity contribution in [2.45, 2.75) is 46.5 Å². The zero-order chi connectivity index (χ0) is 17.5. The normalized spacial score (nSPS) is 12.6. The van der Waals surface area contributed by atoms with Crippen LogP contribution < -0.4 is 4.74 Å². The van der Waals surface area contributed by atoms with E-state index in [1.165, 1.54) is 19.3 Å². The second-order valence-electron chi connectivity index (χ2n) is 6.69. The van der Waals surface area contributed by atoms with E-state index in [0.717, 1.165) is 37.6 Å². The van der Waals surface area contributed by atoms with Crippen molar-refractivity contribution in [3.63, 3.8) is 0 Å². The molecule has 0 aliphatic heterocycles. The smallest absolute Gasteiger partial charge is 0.213 e. The molecule has 24 heavy (non-hydrogen) atoms. The molecule has 1 unspecified atom stereocenters. The van der Waals surface area contributed by atoms with Gasteiger partial charge in [-0.15, -0.1) is 11.3 Å². The van der Waals surface area contributed by atoms with E-state index >= 15 is 0 Å². The van der Waals surface area contributed by atoms with E-state index in [0.29, 0.717) is 11.8 Å². The number of hydrogen-bond acceptors (Lipinski definition) is 3. The van der Waals surface area contributed by atoms with Crippen molar-refractivity contribution < 1.29 is 4.74 Å². The Kier molecular flexibility index (Phi) is 8.24. The largest absolute Gasteiger partial charge is 0.478 e. The minimum Gasteiger partial charge on any atom is -0.478 e. The van der Waals surface area contributed by atoms with Crippen LogP contribution in [-0.4, -0.2) is 11.6 Å². The molecular formula is C19H25Br2NOS. The highest BCUT2D eigenvalue weighted by Crippen LogP contribution is 2.38. The second-order valence-corrected chi connectivity index (χ2v) is 10.4. The topological polar surface area (TPSA) is 22.1 Å². The lowest BCUT2D eigenvalue weighted by Crippen LogP contribution is -2.05. The van der Waals surface area contributed by atoms with Crippen LogP contribution in [0.1, 0.15) is 46.5 Å². The molecule has 0 aliphatic carbocycles. The van der Waals surface area contributed by atoms with Crippen LogP contribution in [0, 0.1) is 11.8 Å². The van der Waals surface area contributed by atoms with E-state index in [4.69, 9.17) is 4.74 Å². The predicted molar refractivity (Wildman–Crippen MR) is 111 cm³/mol. The lowest BCUT2D eigenvalue weighted by molar-refractivity contribution is 0.267. The van der Waals surface area contributed by atoms with Gasteiger partial charge in [0.15, 0.2) is 0 Å². The molecule has 0 fully saturated rings. The lowest BCUT2D eigenvalue weighted by Gasteiger charge is -2.13. The summed E-state index contributed by atoms with van der Waals surface area (Å²) in [5.41, 5.74) is 2.25. The van der Waals surface area contributed by atoms with Crippen LogP contribution in [0.25, 0.3) is 11.1 Å². The fourth-order valence-corrected chi connectivity index (χ4v) is 5.41. The molecule has 132 valence electrons. The maximum absolute atomic E-state index is 5.80. The Morgan fingerprint density at radius 3 is 2.50 bits per heavy atom. The Morgan fingerprint density at radius 2 is 1.92 bits per heavy atom. The fraction of sp³-hybridized carbons (Fsp3) is 0.526. The Labute approximate surface area is 166 Å². The number of ether oxygens (including phenoxy) is 1. The third-order valence-electron chi connectivity index (χ3n) is 4.04. The molecule has 0 saturated heterocycles. The molecular weight excluding hydrogens is 450 g/mol. The Hall–Kier alpha value is -0.390. The van der Waals surface area contributed by atoms with E-state index in [1.807, 2.05) is 12.3 Å². The molecule has 0 N–H and O–H groups in total. The molecule has 2 nitrogen and oxygen atoms in total. The minimum atomic E-state index is 0.707. The van der Waals surface area contributed by atoms with E-state index in [9.17, 15) is 0 Å². The van der Waals surface area contributed by atoms with Crippen molar-refractivity contribution >= 4 is 43.2 Å². The number of aromatic nitrogens is 1. The third-order valence-corrected chi connectivity index (χ3v) is 6.38. The summed E-state index contributed by atoms with van der Waals surface area (Å²) >= 11 is 8.77. The maximum atomic E-state index is 5.80. The minimum absolute atomic E-state index is 0.707. The standard InChI is InChI=1S/C19H25Br2NOS/c1-13(2)5-4-6-14(3)9-10-23-18-8-7-15(12-22-18)16-11-17(20)24-19(16)21/h7-8,11-14H,4-6,9-10H2,1-3H3. The highest BCUT2D eigenvalue weighted by Gasteiger charge is 2.09. The summed E-state index contributed by atoms with van der Waals surface area (Å²) in [7, 11) is 0. The predicted octanol–water partition coefficient (Wildman–Crippen LogP) is 7.57. The van der Waals surface area contributed by atoms with Crippen LogP contribution in [0.2, 0.25) is 0 Å². The van der Waals surface area contributed by atoms with Gasteiger partial charge in [-0.1, -0.05) is 40.0 Å². The van der Waals surface area contributed by atoms with Crippen LogP contribution in [0.5, 0.6) is 5.88 Å². The zero-order valence-electron chi connectivity index (χ0n) is 14.5. The van der Waals surface area contributed by atoms with E-state index in [-0.39, 0.29) is 0 Å². The van der Waals surface area contributed by atoms with Crippen molar-refractivity contribution in [3.05, 3.63) is 32.0 Å². The fourth-order valence-electron chi connectivity index (χ4n) is 2.55. The lowest BCUT2D eigenvalue weighted by atomic mass is 9.98. The summed E-state index contributed by atoms with van der Waals surface area (Å²) < 4.78 is 8.02. The van der Waals surface area contributed by atoms with Gasteiger partial charge >= 0.3 is 0 Å². The molecule has 0 saturated carbocycles. The number of pyridine rings is 1.